The second-order valence-corrected chi connectivity index (χ2v) is 18.4. The van der Waals surface area contributed by atoms with Gasteiger partial charge in [-0.3, -0.25) is 18.7 Å². The molecule has 0 saturated carbocycles. The van der Waals surface area contributed by atoms with Crippen LogP contribution in [-0.2, 0) is 28.4 Å². The van der Waals surface area contributed by atoms with Gasteiger partial charge in [-0.2, -0.15) is 9.97 Å². The van der Waals surface area contributed by atoms with E-state index in [0.717, 1.165) is 18.2 Å². The number of imide groups is 1. The molecule has 6 heterocycles. The van der Waals surface area contributed by atoms with Gasteiger partial charge in [-0.15, -0.1) is 0 Å². The largest absolute Gasteiger partial charge is 0.473 e. The van der Waals surface area contributed by atoms with Crippen LogP contribution >= 0.6 is 0 Å². The molecule has 8 atom stereocenters. The van der Waals surface area contributed by atoms with E-state index in [0.29, 0.717) is 4.90 Å². The first-order valence-corrected chi connectivity index (χ1v) is 25.3. The van der Waals surface area contributed by atoms with Crippen molar-refractivity contribution in [3.8, 4) is 11.8 Å². The summed E-state index contributed by atoms with van der Waals surface area (Å²) in [5, 5.41) is 31.9. The molecule has 438 valence electrons. The minimum atomic E-state index is -1.26. The van der Waals surface area contributed by atoms with E-state index in [1.807, 2.05) is 0 Å². The van der Waals surface area contributed by atoms with Gasteiger partial charge < -0.3 is 59.2 Å². The number of nitrogens with zero attached hydrogens (tertiary/aromatic N) is 10. The Balaban J connectivity index is 0.000000242. The summed E-state index contributed by atoms with van der Waals surface area (Å²) in [5.74, 6) is -6.47. The van der Waals surface area contributed by atoms with Crippen molar-refractivity contribution in [1.82, 2.24) is 39.0 Å². The number of nitrogen functional groups attached to an aromatic ring is 1. The Hall–Kier alpha value is -10.1. The molecule has 2 amide bonds. The van der Waals surface area contributed by atoms with Crippen molar-refractivity contribution in [1.29, 1.82) is 0 Å². The maximum atomic E-state index is 14.1. The molecule has 5 aromatic carbocycles. The first-order chi connectivity index (χ1) is 40.7. The van der Waals surface area contributed by atoms with Crippen LogP contribution in [0.5, 0.6) is 11.8 Å². The summed E-state index contributed by atoms with van der Waals surface area (Å²) in [7, 11) is 2.72. The van der Waals surface area contributed by atoms with Crippen molar-refractivity contribution in [2.45, 2.75) is 56.5 Å². The highest BCUT2D eigenvalue weighted by atomic mass is 19.1. The van der Waals surface area contributed by atoms with Crippen LogP contribution in [0, 0.1) is 21.7 Å². The average molecular weight is 1170 g/mol. The number of hydrogen-bond donors (Lipinski definition) is 3. The molecule has 2 fully saturated rings. The summed E-state index contributed by atoms with van der Waals surface area (Å²) in [6.45, 7) is -0.816. The van der Waals surface area contributed by atoms with Crippen LogP contribution in [0.3, 0.4) is 0 Å². The molecule has 0 aliphatic carbocycles. The van der Waals surface area contributed by atoms with Crippen LogP contribution in [0.15, 0.2) is 152 Å². The number of amides is 2. The number of carbonyl (C=O) groups excluding carboxylic acids is 4. The number of aromatic nitrogens is 8. The molecule has 2 aliphatic rings. The summed E-state index contributed by atoms with van der Waals surface area (Å²) >= 11 is 0. The van der Waals surface area contributed by atoms with Gasteiger partial charge in [0.1, 0.15) is 49.3 Å². The Morgan fingerprint density at radius 1 is 0.682 bits per heavy atom. The minimum Gasteiger partial charge on any atom is -0.459 e. The third-order valence-corrected chi connectivity index (χ3v) is 13.2. The quantitative estimate of drug-likeness (QED) is 0.0397. The predicted octanol–water partition coefficient (Wildman–Crippen LogP) is 6.60. The van der Waals surface area contributed by atoms with E-state index in [4.69, 9.17) is 38.9 Å². The van der Waals surface area contributed by atoms with Crippen molar-refractivity contribution in [3.63, 3.8) is 0 Å². The molecule has 11 rings (SSSR count). The number of benzene rings is 5. The van der Waals surface area contributed by atoms with Gasteiger partial charge >= 0.3 is 23.9 Å². The van der Waals surface area contributed by atoms with E-state index in [2.05, 4.69) is 29.9 Å². The molecule has 0 bridgehead atoms. The van der Waals surface area contributed by atoms with E-state index in [1.165, 1.54) is 60.3 Å². The zero-order valence-corrected chi connectivity index (χ0v) is 44.0. The van der Waals surface area contributed by atoms with Crippen molar-refractivity contribution < 1.29 is 76.3 Å². The van der Waals surface area contributed by atoms with Crippen LogP contribution in [-0.4, -0.2) is 142 Å². The second kappa shape index (κ2) is 26.0. The van der Waals surface area contributed by atoms with Gasteiger partial charge in [0.05, 0.1) is 24.1 Å². The monoisotopic (exact) mass is 1170 g/mol. The Morgan fingerprint density at radius 3 is 1.75 bits per heavy atom. The van der Waals surface area contributed by atoms with Gasteiger partial charge in [-0.1, -0.05) is 80.2 Å². The topological polar surface area (TPSA) is 333 Å². The minimum absolute atomic E-state index is 0. The molecule has 0 radical (unpaired) electrons. The zero-order valence-electron chi connectivity index (χ0n) is 44.0. The lowest BCUT2D eigenvalue weighted by atomic mass is 10.1. The normalized spacial score (nSPS) is 19.7. The van der Waals surface area contributed by atoms with Crippen LogP contribution in [0.4, 0.5) is 26.4 Å². The Morgan fingerprint density at radius 2 is 1.20 bits per heavy atom. The highest BCUT2D eigenvalue weighted by molar-refractivity contribution is 6.27. The summed E-state index contributed by atoms with van der Waals surface area (Å²) < 4.78 is 69.9. The number of aliphatic hydroxyl groups is 2. The van der Waals surface area contributed by atoms with Gasteiger partial charge in [0, 0.05) is 31.4 Å². The third-order valence-electron chi connectivity index (χ3n) is 13.2. The van der Waals surface area contributed by atoms with Gasteiger partial charge in [0.2, 0.25) is 5.65 Å². The van der Waals surface area contributed by atoms with Crippen molar-refractivity contribution in [2.75, 3.05) is 38.1 Å². The lowest BCUT2D eigenvalue weighted by Crippen LogP contribution is -2.39. The molecular weight excluding hydrogens is 1120 g/mol. The lowest BCUT2D eigenvalue weighted by Gasteiger charge is -2.23. The number of anilines is 2. The molecule has 28 heteroatoms. The van der Waals surface area contributed by atoms with Crippen LogP contribution < -0.4 is 15.4 Å². The molecule has 0 spiro atoms. The maximum absolute atomic E-state index is 14.1. The maximum Gasteiger partial charge on any atom is 0.473 e. The molecule has 85 heavy (non-hydrogen) atoms. The highest BCUT2D eigenvalue weighted by Gasteiger charge is 2.51. The van der Waals surface area contributed by atoms with Crippen molar-refractivity contribution >= 4 is 63.7 Å². The van der Waals surface area contributed by atoms with Gasteiger partial charge in [-0.05, 0) is 75.6 Å². The second-order valence-electron chi connectivity index (χ2n) is 18.4. The number of carbonyl (C=O) groups is 4. The molecule has 4 aromatic heterocycles. The summed E-state index contributed by atoms with van der Waals surface area (Å²) in [4.78, 5) is 91.4. The molecule has 2 aliphatic heterocycles. The van der Waals surface area contributed by atoms with Crippen molar-refractivity contribution in [3.05, 3.63) is 196 Å². The number of rotatable bonds is 16. The van der Waals surface area contributed by atoms with E-state index in [1.54, 1.807) is 97.1 Å². The molecule has 9 aromatic rings. The van der Waals surface area contributed by atoms with E-state index >= 15 is 0 Å². The zero-order chi connectivity index (χ0) is 59.2. The Labute approximate surface area is 480 Å². The highest BCUT2D eigenvalue weighted by Crippen LogP contribution is 2.39. The van der Waals surface area contributed by atoms with Gasteiger partial charge in [-0.25, -0.2) is 33.2 Å². The SMILES string of the molecule is C.CO[C@@H]1[C@H](O)[C@@H](CO)O[C@H]1n1cnc2c(N)nc(Oc3cc(F)ccc3F)nc21.CO[C@@H]1[C@H](OC(=O)c2ccccc2)[C@@H](COC(=O)c2ccccc2)O[C@H]1n1cnc2c(N(C(=O)c3ccccc3)C(=O)c3ccccc3)nc([N+](=O)[O-])nc21. The fourth-order valence-electron chi connectivity index (χ4n) is 9.21. The molecule has 2 saturated heterocycles. The Bertz CT molecular complexity index is 3820. The van der Waals surface area contributed by atoms with Gasteiger partial charge in [0.15, 0.2) is 52.6 Å². The number of hydrogen-bond acceptors (Lipinski definition) is 22. The number of esters is 2. The van der Waals surface area contributed by atoms with E-state index < -0.39 is 120 Å². The van der Waals surface area contributed by atoms with E-state index in [9.17, 15) is 48.3 Å². The average Bonchev–Trinajstić information content (AvgIpc) is 2.00. The molecule has 4 N–H and O–H groups in total. The summed E-state index contributed by atoms with van der Waals surface area (Å²) in [5.41, 5.74) is 6.56. The number of nitrogens with two attached hydrogens (primary N) is 1. The number of fused-ring (bicyclic) bond motifs is 2. The summed E-state index contributed by atoms with van der Waals surface area (Å²) in [6, 6.07) is 34.5. The molecule has 0 unspecified atom stereocenters. The first kappa shape index (κ1) is 59.5. The number of imidazole rings is 2. The first-order valence-electron chi connectivity index (χ1n) is 25.3. The molecular formula is C57H51F2N11O15. The van der Waals surface area contributed by atoms with Crippen LogP contribution in [0.25, 0.3) is 22.3 Å². The lowest BCUT2D eigenvalue weighted by molar-refractivity contribution is -0.394. The number of methoxy groups -OCH3 is 2. The fraction of sp³-hybridized carbons (Fsp3) is 0.228. The number of ether oxygens (including phenoxy) is 7. The summed E-state index contributed by atoms with van der Waals surface area (Å²) in [6.07, 6.45) is -5.82. The third kappa shape index (κ3) is 12.3. The Kier molecular flexibility index (Phi) is 18.2. The number of halogens is 2. The van der Waals surface area contributed by atoms with Crippen LogP contribution in [0.2, 0.25) is 0 Å². The van der Waals surface area contributed by atoms with Gasteiger partial charge in [0.25, 0.3) is 17.6 Å². The fourth-order valence-corrected chi connectivity index (χ4v) is 9.21. The number of aliphatic hydroxyl groups excluding tert-OH is 2. The van der Waals surface area contributed by atoms with E-state index in [-0.39, 0.29) is 63.8 Å². The standard InChI is InChI=1S/C39H30N6O10.C17H17F2N5O5.CH4/c1-52-31-30(55-38(49)27-20-12-5-13-21-27)28(22-53-37(48)26-18-10-4-11-19-26)54-36(31)43-23-40-29-32(43)41-39(45(50)51)42-33(29)44(34(46)24-14-6-2-7-15-24)35(47)25-16-8-3-9-17-25;1-27-13-12(26)10(5-25)28-16(13)24-6-21-11-14(20)22-17(23-15(11)24)29-9-4-7(18)2-3-8(9)19;/h2-21,23,28,30-31,36H,22H2,1H3;2-4,6,10,12-13,16,25-26H,5H2,1H3,(H2,20,22,23);1H4/t28-,30-,31-,36-;10-,12-,13-,16-;/m11./s1. The van der Waals surface area contributed by atoms with Crippen LogP contribution in [0.1, 0.15) is 61.3 Å². The smallest absolute Gasteiger partial charge is 0.459 e. The number of nitro groups is 1. The molecule has 26 nitrogen and oxygen atoms in total. The predicted molar refractivity (Wildman–Crippen MR) is 294 cm³/mol. The van der Waals surface area contributed by atoms with Crippen molar-refractivity contribution in [2.24, 2.45) is 0 Å².